The molecule has 126 valence electrons. The second-order valence-corrected chi connectivity index (χ2v) is 6.32. The van der Waals surface area contributed by atoms with Crippen molar-refractivity contribution in [2.24, 2.45) is 5.10 Å². The third-order valence-electron chi connectivity index (χ3n) is 4.09. The molecule has 0 spiro atoms. The van der Waals surface area contributed by atoms with Gasteiger partial charge in [0.2, 0.25) is 0 Å². The molecule has 5 nitrogen and oxygen atoms in total. The number of nitrogens with one attached hydrogen (secondary N) is 2. The molecule has 6 heteroatoms. The van der Waals surface area contributed by atoms with E-state index in [1.54, 1.807) is 6.21 Å². The van der Waals surface area contributed by atoms with E-state index in [2.05, 4.69) is 15.8 Å². The lowest BCUT2D eigenvalue weighted by Gasteiger charge is -2.23. The fraction of sp³-hybridized carbons (Fsp3) is 0.529. The highest BCUT2D eigenvalue weighted by Gasteiger charge is 2.13. The van der Waals surface area contributed by atoms with Gasteiger partial charge >= 0.3 is 0 Å². The Morgan fingerprint density at radius 3 is 2.65 bits per heavy atom. The number of likely N-dealkylation sites (N-methyl/N-ethyl adjacent to an activating group) is 1. The van der Waals surface area contributed by atoms with Crippen LogP contribution >= 0.6 is 12.2 Å². The minimum absolute atomic E-state index is 0.148. The third-order valence-corrected chi connectivity index (χ3v) is 4.30. The fourth-order valence-electron chi connectivity index (χ4n) is 2.72. The molecular formula is C17H26N4OS. The van der Waals surface area contributed by atoms with E-state index < -0.39 is 0 Å². The summed E-state index contributed by atoms with van der Waals surface area (Å²) in [6, 6.07) is 8.49. The Bertz CT molecular complexity index is 512. The standard InChI is InChI=1S/C17H26N4OS/c1-21(11-12-22)16-9-7-14(8-10-16)13-18-20-17(23)19-15-5-3-2-4-6-15/h7-10,13,15,22H,2-6,11-12H2,1H3,(H2,19,20,23). The van der Waals surface area contributed by atoms with Crippen LogP contribution in [0.4, 0.5) is 5.69 Å². The van der Waals surface area contributed by atoms with Gasteiger partial charge < -0.3 is 15.3 Å². The van der Waals surface area contributed by atoms with Crippen molar-refractivity contribution in [2.45, 2.75) is 38.1 Å². The summed E-state index contributed by atoms with van der Waals surface area (Å²) >= 11 is 5.27. The molecule has 2 rings (SSSR count). The maximum atomic E-state index is 8.95. The second-order valence-electron chi connectivity index (χ2n) is 5.92. The van der Waals surface area contributed by atoms with Crippen molar-refractivity contribution < 1.29 is 5.11 Å². The Morgan fingerprint density at radius 1 is 1.30 bits per heavy atom. The van der Waals surface area contributed by atoms with Gasteiger partial charge in [0, 0.05) is 25.3 Å². The van der Waals surface area contributed by atoms with E-state index in [0.29, 0.717) is 17.7 Å². The van der Waals surface area contributed by atoms with Crippen molar-refractivity contribution >= 4 is 29.2 Å². The summed E-state index contributed by atoms with van der Waals surface area (Å²) < 4.78 is 0. The van der Waals surface area contributed by atoms with Gasteiger partial charge in [-0.3, -0.25) is 5.43 Å². The van der Waals surface area contributed by atoms with E-state index in [9.17, 15) is 0 Å². The van der Waals surface area contributed by atoms with Crippen LogP contribution in [0.5, 0.6) is 0 Å². The highest BCUT2D eigenvalue weighted by Crippen LogP contribution is 2.17. The van der Waals surface area contributed by atoms with Gasteiger partial charge in [-0.05, 0) is 42.8 Å². The zero-order valence-corrected chi connectivity index (χ0v) is 14.5. The lowest BCUT2D eigenvalue weighted by atomic mass is 9.96. The zero-order chi connectivity index (χ0) is 16.5. The Balaban J connectivity index is 1.77. The average Bonchev–Trinajstić information content (AvgIpc) is 2.56. The summed E-state index contributed by atoms with van der Waals surface area (Å²) in [7, 11) is 1.95. The molecule has 0 bridgehead atoms. The molecule has 1 fully saturated rings. The lowest BCUT2D eigenvalue weighted by Crippen LogP contribution is -2.40. The van der Waals surface area contributed by atoms with Crippen LogP contribution < -0.4 is 15.6 Å². The molecule has 0 radical (unpaired) electrons. The molecular weight excluding hydrogens is 308 g/mol. The van der Waals surface area contributed by atoms with Crippen LogP contribution in [-0.4, -0.2) is 42.7 Å². The molecule has 1 aliphatic rings. The predicted octanol–water partition coefficient (Wildman–Crippen LogP) is 2.25. The number of hydrazone groups is 1. The highest BCUT2D eigenvalue weighted by atomic mass is 32.1. The molecule has 0 aliphatic heterocycles. The van der Waals surface area contributed by atoms with Crippen molar-refractivity contribution in [3.63, 3.8) is 0 Å². The van der Waals surface area contributed by atoms with Gasteiger partial charge in [0.25, 0.3) is 0 Å². The first-order valence-corrected chi connectivity index (χ1v) is 8.61. The summed E-state index contributed by atoms with van der Waals surface area (Å²) in [6.45, 7) is 0.769. The number of rotatable bonds is 6. The van der Waals surface area contributed by atoms with Crippen molar-refractivity contribution in [3.05, 3.63) is 29.8 Å². The van der Waals surface area contributed by atoms with Gasteiger partial charge in [-0.25, -0.2) is 0 Å². The summed E-state index contributed by atoms with van der Waals surface area (Å²) in [5.41, 5.74) is 4.95. The summed E-state index contributed by atoms with van der Waals surface area (Å²) in [6.07, 6.45) is 8.02. The van der Waals surface area contributed by atoms with E-state index in [-0.39, 0.29) is 6.61 Å². The van der Waals surface area contributed by atoms with E-state index >= 15 is 0 Å². The molecule has 23 heavy (non-hydrogen) atoms. The van der Waals surface area contributed by atoms with Gasteiger partial charge in [-0.1, -0.05) is 31.4 Å². The highest BCUT2D eigenvalue weighted by molar-refractivity contribution is 7.80. The van der Waals surface area contributed by atoms with Gasteiger partial charge in [0.05, 0.1) is 12.8 Å². The number of benzene rings is 1. The molecule has 0 atom stereocenters. The molecule has 0 saturated heterocycles. The van der Waals surface area contributed by atoms with Gasteiger partial charge in [0.1, 0.15) is 0 Å². The average molecular weight is 334 g/mol. The first-order valence-electron chi connectivity index (χ1n) is 8.20. The Morgan fingerprint density at radius 2 is 2.00 bits per heavy atom. The topological polar surface area (TPSA) is 59.9 Å². The predicted molar refractivity (Wildman–Crippen MR) is 100 cm³/mol. The van der Waals surface area contributed by atoms with E-state index in [4.69, 9.17) is 17.3 Å². The smallest absolute Gasteiger partial charge is 0.187 e. The number of aliphatic hydroxyl groups is 1. The number of hydrogen-bond donors (Lipinski definition) is 3. The summed E-state index contributed by atoms with van der Waals surface area (Å²) in [4.78, 5) is 2.00. The maximum absolute atomic E-state index is 8.95. The second kappa shape index (κ2) is 9.47. The normalized spacial score (nSPS) is 15.6. The van der Waals surface area contributed by atoms with Crippen LogP contribution in [0.2, 0.25) is 0 Å². The quantitative estimate of drug-likeness (QED) is 0.423. The van der Waals surface area contributed by atoms with Crippen molar-refractivity contribution in [3.8, 4) is 0 Å². The molecule has 0 amide bonds. The van der Waals surface area contributed by atoms with E-state index in [0.717, 1.165) is 11.3 Å². The van der Waals surface area contributed by atoms with Crippen LogP contribution in [0.1, 0.15) is 37.7 Å². The van der Waals surface area contributed by atoms with Crippen molar-refractivity contribution in [1.82, 2.24) is 10.7 Å². The van der Waals surface area contributed by atoms with Gasteiger partial charge in [0.15, 0.2) is 5.11 Å². The number of nitrogens with zero attached hydrogens (tertiary/aromatic N) is 2. The molecule has 1 aromatic carbocycles. The number of anilines is 1. The van der Waals surface area contributed by atoms with Gasteiger partial charge in [-0.2, -0.15) is 5.10 Å². The molecule has 1 aromatic rings. The van der Waals surface area contributed by atoms with Crippen LogP contribution in [0.15, 0.2) is 29.4 Å². The Kier molecular flexibility index (Phi) is 7.29. The Hall–Kier alpha value is -1.66. The van der Waals surface area contributed by atoms with Crippen molar-refractivity contribution in [2.75, 3.05) is 25.1 Å². The minimum Gasteiger partial charge on any atom is -0.395 e. The molecule has 0 heterocycles. The first-order chi connectivity index (χ1) is 11.2. The maximum Gasteiger partial charge on any atom is 0.187 e. The summed E-state index contributed by atoms with van der Waals surface area (Å²) in [5.74, 6) is 0. The summed E-state index contributed by atoms with van der Waals surface area (Å²) in [5, 5.41) is 17.0. The molecule has 3 N–H and O–H groups in total. The number of thiocarbonyl (C=S) groups is 1. The first kappa shape index (κ1) is 17.7. The van der Waals surface area contributed by atoms with Crippen LogP contribution in [-0.2, 0) is 0 Å². The number of aliphatic hydroxyl groups excluding tert-OH is 1. The largest absolute Gasteiger partial charge is 0.395 e. The van der Waals surface area contributed by atoms with Crippen LogP contribution in [0.25, 0.3) is 0 Å². The molecule has 1 saturated carbocycles. The van der Waals surface area contributed by atoms with Crippen LogP contribution in [0, 0.1) is 0 Å². The van der Waals surface area contributed by atoms with Gasteiger partial charge in [-0.15, -0.1) is 0 Å². The Labute approximate surface area is 143 Å². The third kappa shape index (κ3) is 6.15. The number of hydrogen-bond acceptors (Lipinski definition) is 4. The molecule has 1 aliphatic carbocycles. The zero-order valence-electron chi connectivity index (χ0n) is 13.7. The molecule has 0 aromatic heterocycles. The molecule has 0 unspecified atom stereocenters. The monoisotopic (exact) mass is 334 g/mol. The van der Waals surface area contributed by atoms with E-state index in [1.807, 2.05) is 36.2 Å². The lowest BCUT2D eigenvalue weighted by molar-refractivity contribution is 0.304. The SMILES string of the molecule is CN(CCO)c1ccc(C=NNC(=S)NC2CCCCC2)cc1. The fourth-order valence-corrected chi connectivity index (χ4v) is 2.94. The van der Waals surface area contributed by atoms with Crippen LogP contribution in [0.3, 0.4) is 0 Å². The minimum atomic E-state index is 0.148. The van der Waals surface area contributed by atoms with Crippen molar-refractivity contribution in [1.29, 1.82) is 0 Å². The van der Waals surface area contributed by atoms with E-state index in [1.165, 1.54) is 32.1 Å².